The summed E-state index contributed by atoms with van der Waals surface area (Å²) >= 11 is 0. The lowest BCUT2D eigenvalue weighted by molar-refractivity contribution is -0.124. The quantitative estimate of drug-likeness (QED) is 0.635. The van der Waals surface area contributed by atoms with Crippen LogP contribution in [0.1, 0.15) is 54.2 Å². The minimum atomic E-state index is -0.546. The number of amides is 1. The molecule has 6 nitrogen and oxygen atoms in total. The number of hydrogen-bond donors (Lipinski definition) is 1. The van der Waals surface area contributed by atoms with E-state index in [9.17, 15) is 9.59 Å². The van der Waals surface area contributed by atoms with Gasteiger partial charge in [0.15, 0.2) is 6.61 Å². The number of hydrogen-bond acceptors (Lipinski definition) is 5. The fourth-order valence-electron chi connectivity index (χ4n) is 3.28. The molecule has 1 heterocycles. The van der Waals surface area contributed by atoms with E-state index >= 15 is 0 Å². The van der Waals surface area contributed by atoms with E-state index in [0.717, 1.165) is 31.4 Å². The third kappa shape index (κ3) is 6.32. The molecule has 2 aromatic carbocycles. The summed E-state index contributed by atoms with van der Waals surface area (Å²) in [6, 6.07) is 14.6. The Balaban J connectivity index is 1.41. The Hall–Kier alpha value is -2.86. The zero-order chi connectivity index (χ0) is 21.3. The second-order valence-corrected chi connectivity index (χ2v) is 7.43. The van der Waals surface area contributed by atoms with Crippen LogP contribution >= 0.6 is 0 Å². The molecule has 160 valence electrons. The molecule has 1 aliphatic heterocycles. The minimum absolute atomic E-state index is 0.139. The van der Waals surface area contributed by atoms with Crippen molar-refractivity contribution in [2.24, 2.45) is 0 Å². The van der Waals surface area contributed by atoms with Gasteiger partial charge in [-0.15, -0.1) is 0 Å². The van der Waals surface area contributed by atoms with Crippen molar-refractivity contribution in [1.29, 1.82) is 0 Å². The van der Waals surface area contributed by atoms with Crippen molar-refractivity contribution in [3.05, 3.63) is 65.2 Å². The minimum Gasteiger partial charge on any atom is -0.491 e. The lowest BCUT2D eigenvalue weighted by atomic mass is 10.1. The molecule has 0 aromatic heterocycles. The highest BCUT2D eigenvalue weighted by Crippen LogP contribution is 2.17. The van der Waals surface area contributed by atoms with Gasteiger partial charge in [-0.05, 0) is 61.6 Å². The van der Waals surface area contributed by atoms with Gasteiger partial charge in [0.2, 0.25) is 0 Å². The van der Waals surface area contributed by atoms with Crippen LogP contribution in [0.25, 0.3) is 0 Å². The number of carbonyl (C=O) groups excluding carboxylic acids is 2. The number of esters is 1. The molecule has 1 saturated heterocycles. The van der Waals surface area contributed by atoms with Gasteiger partial charge in [-0.3, -0.25) is 4.79 Å². The van der Waals surface area contributed by atoms with Gasteiger partial charge >= 0.3 is 5.97 Å². The van der Waals surface area contributed by atoms with E-state index in [0.29, 0.717) is 17.9 Å². The van der Waals surface area contributed by atoms with Crippen LogP contribution in [0, 0.1) is 0 Å². The average molecular weight is 411 g/mol. The Kier molecular flexibility index (Phi) is 7.85. The fourth-order valence-corrected chi connectivity index (χ4v) is 3.28. The molecule has 1 aliphatic rings. The first kappa shape index (κ1) is 21.8. The van der Waals surface area contributed by atoms with E-state index in [4.69, 9.17) is 14.2 Å². The second-order valence-electron chi connectivity index (χ2n) is 7.43. The monoisotopic (exact) mass is 411 g/mol. The van der Waals surface area contributed by atoms with Crippen LogP contribution in [0.15, 0.2) is 48.5 Å². The van der Waals surface area contributed by atoms with Crippen molar-refractivity contribution in [3.63, 3.8) is 0 Å². The van der Waals surface area contributed by atoms with Crippen LogP contribution in [-0.2, 0) is 20.7 Å². The summed E-state index contributed by atoms with van der Waals surface area (Å²) < 4.78 is 16.3. The molecule has 2 atom stereocenters. The molecule has 1 amide bonds. The van der Waals surface area contributed by atoms with Crippen LogP contribution in [-0.4, -0.2) is 37.8 Å². The Morgan fingerprint density at radius 2 is 1.87 bits per heavy atom. The zero-order valence-electron chi connectivity index (χ0n) is 17.6. The summed E-state index contributed by atoms with van der Waals surface area (Å²) in [5.41, 5.74) is 2.62. The number of nitrogens with one attached hydrogen (secondary N) is 1. The summed E-state index contributed by atoms with van der Waals surface area (Å²) in [6.45, 7) is 4.96. The molecular formula is C24H29NO5. The molecular weight excluding hydrogens is 382 g/mol. The molecule has 1 N–H and O–H groups in total. The molecule has 0 radical (unpaired) electrons. The zero-order valence-corrected chi connectivity index (χ0v) is 17.6. The van der Waals surface area contributed by atoms with Crippen molar-refractivity contribution in [3.8, 4) is 5.75 Å². The highest BCUT2D eigenvalue weighted by molar-refractivity contribution is 5.91. The summed E-state index contributed by atoms with van der Waals surface area (Å²) in [5.74, 6) is -0.217. The largest absolute Gasteiger partial charge is 0.491 e. The molecule has 1 fully saturated rings. The topological polar surface area (TPSA) is 73.9 Å². The van der Waals surface area contributed by atoms with Crippen molar-refractivity contribution in [2.75, 3.05) is 19.8 Å². The van der Waals surface area contributed by atoms with E-state index < -0.39 is 5.97 Å². The molecule has 30 heavy (non-hydrogen) atoms. The first-order valence-corrected chi connectivity index (χ1v) is 10.4. The second kappa shape index (κ2) is 10.8. The van der Waals surface area contributed by atoms with Crippen LogP contribution in [0.5, 0.6) is 5.75 Å². The lowest BCUT2D eigenvalue weighted by Gasteiger charge is -2.15. The summed E-state index contributed by atoms with van der Waals surface area (Å²) in [6.07, 6.45) is 3.19. The number of aryl methyl sites for hydroxylation is 1. The van der Waals surface area contributed by atoms with Crippen LogP contribution in [0.2, 0.25) is 0 Å². The predicted molar refractivity (Wildman–Crippen MR) is 114 cm³/mol. The predicted octanol–water partition coefficient (Wildman–Crippen LogP) is 3.84. The fraction of sp³-hybridized carbons (Fsp3) is 0.417. The number of carbonyl (C=O) groups is 2. The molecule has 0 bridgehead atoms. The standard InChI is InChI=1S/C24H29NO5/c1-3-18-6-8-19(9-7-18)17(2)25-23(26)16-30-24(27)20-10-12-21(13-11-20)29-15-22-5-4-14-28-22/h6-13,17,22H,3-5,14-16H2,1-2H3,(H,25,26)/t17-,22-/m1/s1. The number of benzene rings is 2. The van der Waals surface area contributed by atoms with Crippen molar-refractivity contribution < 1.29 is 23.8 Å². The third-order valence-electron chi connectivity index (χ3n) is 5.15. The average Bonchev–Trinajstić information content (AvgIpc) is 3.30. The van der Waals surface area contributed by atoms with E-state index in [1.807, 2.05) is 31.2 Å². The number of ether oxygens (including phenoxy) is 3. The van der Waals surface area contributed by atoms with Gasteiger partial charge in [0.25, 0.3) is 5.91 Å². The van der Waals surface area contributed by atoms with Crippen LogP contribution in [0.3, 0.4) is 0 Å². The Morgan fingerprint density at radius 3 is 2.50 bits per heavy atom. The van der Waals surface area contributed by atoms with E-state index in [1.165, 1.54) is 5.56 Å². The SMILES string of the molecule is CCc1ccc([C@@H](C)NC(=O)COC(=O)c2ccc(OC[C@H]3CCCO3)cc2)cc1. The van der Waals surface area contributed by atoms with E-state index in [1.54, 1.807) is 24.3 Å². The van der Waals surface area contributed by atoms with E-state index in [-0.39, 0.29) is 24.7 Å². The highest BCUT2D eigenvalue weighted by atomic mass is 16.5. The summed E-state index contributed by atoms with van der Waals surface area (Å²) in [7, 11) is 0. The smallest absolute Gasteiger partial charge is 0.338 e. The van der Waals surface area contributed by atoms with Gasteiger partial charge in [-0.25, -0.2) is 4.79 Å². The van der Waals surface area contributed by atoms with Crippen LogP contribution in [0.4, 0.5) is 0 Å². The van der Waals surface area contributed by atoms with Gasteiger partial charge in [0.05, 0.1) is 17.7 Å². The third-order valence-corrected chi connectivity index (χ3v) is 5.15. The lowest BCUT2D eigenvalue weighted by Crippen LogP contribution is -2.31. The molecule has 0 saturated carbocycles. The Bertz CT molecular complexity index is 826. The van der Waals surface area contributed by atoms with E-state index in [2.05, 4.69) is 12.2 Å². The Labute approximate surface area is 177 Å². The van der Waals surface area contributed by atoms with Gasteiger partial charge < -0.3 is 19.5 Å². The summed E-state index contributed by atoms with van der Waals surface area (Å²) in [4.78, 5) is 24.3. The van der Waals surface area contributed by atoms with Crippen molar-refractivity contribution in [2.45, 2.75) is 45.3 Å². The van der Waals surface area contributed by atoms with Gasteiger partial charge in [0, 0.05) is 6.61 Å². The van der Waals surface area contributed by atoms with Crippen LogP contribution < -0.4 is 10.1 Å². The molecule has 2 aromatic rings. The highest BCUT2D eigenvalue weighted by Gasteiger charge is 2.16. The molecule has 0 unspecified atom stereocenters. The maximum absolute atomic E-state index is 12.2. The van der Waals surface area contributed by atoms with Gasteiger partial charge in [-0.2, -0.15) is 0 Å². The molecule has 0 spiro atoms. The first-order chi connectivity index (χ1) is 14.5. The van der Waals surface area contributed by atoms with Crippen molar-refractivity contribution >= 4 is 11.9 Å². The summed E-state index contributed by atoms with van der Waals surface area (Å²) in [5, 5.41) is 2.85. The number of rotatable bonds is 9. The van der Waals surface area contributed by atoms with Crippen molar-refractivity contribution in [1.82, 2.24) is 5.32 Å². The maximum Gasteiger partial charge on any atom is 0.338 e. The molecule has 0 aliphatic carbocycles. The van der Waals surface area contributed by atoms with Gasteiger partial charge in [-0.1, -0.05) is 31.2 Å². The normalized spacial score (nSPS) is 16.7. The molecule has 6 heteroatoms. The molecule has 3 rings (SSSR count). The Morgan fingerprint density at radius 1 is 1.13 bits per heavy atom. The maximum atomic E-state index is 12.2. The first-order valence-electron chi connectivity index (χ1n) is 10.4. The van der Waals surface area contributed by atoms with Gasteiger partial charge in [0.1, 0.15) is 12.4 Å².